The Morgan fingerprint density at radius 2 is 0.698 bits per heavy atom. The summed E-state index contributed by atoms with van der Waals surface area (Å²) in [5.41, 5.74) is -0.947. The van der Waals surface area contributed by atoms with Gasteiger partial charge in [0.1, 0.15) is 35.6 Å². The second-order valence-corrected chi connectivity index (χ2v) is 29.4. The second kappa shape index (κ2) is 42.1. The summed E-state index contributed by atoms with van der Waals surface area (Å²) in [5.74, 6) is 0.891. The molecule has 0 aliphatic heterocycles. The molecule has 18 nitrogen and oxygen atoms in total. The minimum Gasteiger partial charge on any atom is -0.462 e. The molecule has 19 atom stereocenters. The first-order chi connectivity index (χ1) is 41.8. The first-order valence-corrected chi connectivity index (χ1v) is 34.4. The monoisotopic (exact) mass is 1370 g/mol. The van der Waals surface area contributed by atoms with Gasteiger partial charge < -0.3 is 47.4 Å². The molecule has 19 unspecified atom stereocenters. The molecule has 0 heterocycles. The number of carbonyl (C=O) groups excluding carboxylic acids is 8. The highest BCUT2D eigenvalue weighted by molar-refractivity contribution is 5.78. The molecular weight excluding hydrogens is 1220 g/mol. The Hall–Kier alpha value is -4.32. The number of esters is 8. The summed E-state index contributed by atoms with van der Waals surface area (Å²) in [4.78, 5) is 97.8. The molecule has 0 radical (unpaired) electrons. The fraction of sp³-hybridized carbons (Fsp3) is 0.897. The van der Waals surface area contributed by atoms with Crippen LogP contribution in [-0.2, 0) is 85.7 Å². The van der Waals surface area contributed by atoms with Crippen LogP contribution in [0.25, 0.3) is 0 Å². The SMILES string of the molecule is C.C.C.C.C.C.C.C.CCC(C)(C)C(=O)OC1CC2CC(C(=O)OCOC)C1C2.CCC(C)C(=O)OC1CC2CC(C(=O)OC3(C)CCCC3)C1C2.CCC(C)C(=O)OC1CC2CC(C(=O)OC3(CC)CCCC3)C1C2.CCC(C)C(=O)OC1CC2CC(C(=O)OCOC)C1C2. The van der Waals surface area contributed by atoms with Crippen molar-refractivity contribution in [2.45, 2.75) is 332 Å². The van der Waals surface area contributed by atoms with E-state index in [1.54, 1.807) is 0 Å². The maximum atomic E-state index is 12.8. The Labute approximate surface area is 584 Å². The lowest BCUT2D eigenvalue weighted by Crippen LogP contribution is -2.39. The number of rotatable bonds is 23. The molecule has 0 aromatic carbocycles. The van der Waals surface area contributed by atoms with E-state index in [-0.39, 0.29) is 221 Å². The van der Waals surface area contributed by atoms with Crippen LogP contribution in [0.3, 0.4) is 0 Å². The summed E-state index contributed by atoms with van der Waals surface area (Å²) in [6.07, 6.45) is 23.3. The van der Waals surface area contributed by atoms with Crippen molar-refractivity contribution < 1.29 is 85.7 Å². The topological polar surface area (TPSA) is 229 Å². The van der Waals surface area contributed by atoms with Gasteiger partial charge in [-0.25, -0.2) is 0 Å². The fourth-order valence-electron chi connectivity index (χ4n) is 16.3. The van der Waals surface area contributed by atoms with E-state index in [0.717, 1.165) is 161 Å². The van der Waals surface area contributed by atoms with Crippen molar-refractivity contribution >= 4 is 47.8 Å². The maximum Gasteiger partial charge on any atom is 0.311 e. The number of fused-ring (bicyclic) bond motifs is 8. The van der Waals surface area contributed by atoms with Crippen LogP contribution in [0.1, 0.15) is 296 Å². The van der Waals surface area contributed by atoms with E-state index >= 15 is 0 Å². The van der Waals surface area contributed by atoms with Crippen LogP contribution in [0.5, 0.6) is 0 Å². The van der Waals surface area contributed by atoms with Crippen molar-refractivity contribution in [2.75, 3.05) is 27.8 Å². The number of methoxy groups -OCH3 is 2. The molecule has 18 heteroatoms. The Morgan fingerprint density at radius 3 is 0.979 bits per heavy atom. The van der Waals surface area contributed by atoms with Gasteiger partial charge in [0.15, 0.2) is 13.6 Å². The normalized spacial score (nSPS) is 31.1. The Bertz CT molecular complexity index is 2360. The summed E-state index contributed by atoms with van der Waals surface area (Å²) >= 11 is 0. The summed E-state index contributed by atoms with van der Waals surface area (Å²) in [6, 6.07) is 0. The third kappa shape index (κ3) is 23.4. The molecule has 0 spiro atoms. The van der Waals surface area contributed by atoms with Crippen LogP contribution in [0.4, 0.5) is 0 Å². The molecule has 0 aromatic heterocycles. The lowest BCUT2D eigenvalue weighted by molar-refractivity contribution is -0.173. The Kier molecular flexibility index (Phi) is 41.1. The van der Waals surface area contributed by atoms with Gasteiger partial charge in [-0.2, -0.15) is 0 Å². The molecule has 0 N–H and O–H groups in total. The van der Waals surface area contributed by atoms with Gasteiger partial charge in [-0.05, 0) is 205 Å². The van der Waals surface area contributed by atoms with E-state index < -0.39 is 5.41 Å². The summed E-state index contributed by atoms with van der Waals surface area (Å²) in [7, 11) is 2.98. The molecule has 96 heavy (non-hydrogen) atoms. The van der Waals surface area contributed by atoms with Crippen LogP contribution >= 0.6 is 0 Å². The predicted octanol–water partition coefficient (Wildman–Crippen LogP) is 17.9. The molecule has 564 valence electrons. The van der Waals surface area contributed by atoms with Gasteiger partial charge >= 0.3 is 47.8 Å². The van der Waals surface area contributed by atoms with Gasteiger partial charge in [-0.1, -0.05) is 115 Å². The maximum absolute atomic E-state index is 12.8. The van der Waals surface area contributed by atoms with E-state index in [1.165, 1.54) is 14.2 Å². The largest absolute Gasteiger partial charge is 0.462 e. The number of ether oxygens (including phenoxy) is 10. The van der Waals surface area contributed by atoms with Crippen molar-refractivity contribution in [1.82, 2.24) is 0 Å². The molecule has 10 fully saturated rings. The van der Waals surface area contributed by atoms with Crippen LogP contribution in [0, 0.1) is 94.2 Å². The minimum absolute atomic E-state index is 0. The van der Waals surface area contributed by atoms with Crippen molar-refractivity contribution in [3.8, 4) is 0 Å². The van der Waals surface area contributed by atoms with E-state index in [4.69, 9.17) is 47.4 Å². The third-order valence-corrected chi connectivity index (χ3v) is 22.9. The zero-order valence-electron chi connectivity index (χ0n) is 55.9. The quantitative estimate of drug-likeness (QED) is 0.0526. The molecule has 0 saturated heterocycles. The van der Waals surface area contributed by atoms with E-state index in [9.17, 15) is 38.4 Å². The number of hydrogen-bond donors (Lipinski definition) is 0. The van der Waals surface area contributed by atoms with E-state index in [2.05, 4.69) is 13.8 Å². The second-order valence-electron chi connectivity index (χ2n) is 29.4. The van der Waals surface area contributed by atoms with E-state index in [0.29, 0.717) is 23.7 Å². The fourth-order valence-corrected chi connectivity index (χ4v) is 16.3. The smallest absolute Gasteiger partial charge is 0.311 e. The van der Waals surface area contributed by atoms with Gasteiger partial charge in [-0.3, -0.25) is 38.4 Å². The molecule has 0 aromatic rings. The molecule has 10 aliphatic carbocycles. The molecule has 10 rings (SSSR count). The highest BCUT2D eigenvalue weighted by Crippen LogP contribution is 2.54. The van der Waals surface area contributed by atoms with Gasteiger partial charge in [0.05, 0.1) is 46.8 Å². The lowest BCUT2D eigenvalue weighted by atomic mass is 9.86. The van der Waals surface area contributed by atoms with Gasteiger partial charge in [0, 0.05) is 37.9 Å². The van der Waals surface area contributed by atoms with Crippen molar-refractivity contribution in [3.63, 3.8) is 0 Å². The third-order valence-electron chi connectivity index (χ3n) is 22.9. The number of hydrogen-bond acceptors (Lipinski definition) is 18. The molecule has 8 bridgehead atoms. The molecule has 10 saturated carbocycles. The summed E-state index contributed by atoms with van der Waals surface area (Å²) in [5, 5.41) is 0. The first kappa shape index (κ1) is 93.7. The average molecular weight is 1370 g/mol. The van der Waals surface area contributed by atoms with Crippen molar-refractivity contribution in [3.05, 3.63) is 0 Å². The predicted molar refractivity (Wildman–Crippen MR) is 380 cm³/mol. The van der Waals surface area contributed by atoms with Gasteiger partial charge in [-0.15, -0.1) is 0 Å². The van der Waals surface area contributed by atoms with Crippen LogP contribution in [0.15, 0.2) is 0 Å². The molecule has 0 amide bonds. The van der Waals surface area contributed by atoms with E-state index in [1.807, 2.05) is 62.3 Å². The molecular formula is C78H144O18. The minimum atomic E-state index is -0.464. The first-order valence-electron chi connectivity index (χ1n) is 34.4. The van der Waals surface area contributed by atoms with Crippen molar-refractivity contribution in [2.24, 2.45) is 94.2 Å². The van der Waals surface area contributed by atoms with Gasteiger partial charge in [0.2, 0.25) is 0 Å². The Morgan fingerprint density at radius 1 is 0.406 bits per heavy atom. The number of carbonyl (C=O) groups is 8. The summed E-state index contributed by atoms with van der Waals surface area (Å²) in [6.45, 7) is 21.6. The van der Waals surface area contributed by atoms with Crippen molar-refractivity contribution in [1.29, 1.82) is 0 Å². The van der Waals surface area contributed by atoms with Crippen LogP contribution < -0.4 is 0 Å². The van der Waals surface area contributed by atoms with Crippen LogP contribution in [-0.4, -0.2) is 111 Å². The average Bonchev–Trinajstić information content (AvgIpc) is 1.65. The Balaban J connectivity index is 0. The lowest BCUT2D eigenvalue weighted by Gasteiger charge is -2.33. The highest BCUT2D eigenvalue weighted by atomic mass is 16.7. The zero-order valence-corrected chi connectivity index (χ0v) is 55.9. The molecule has 10 aliphatic rings. The zero-order chi connectivity index (χ0) is 64.3. The van der Waals surface area contributed by atoms with Gasteiger partial charge in [0.25, 0.3) is 0 Å². The standard InChI is InChI=1S/C20H32O4.C19H30O4.C16H26O5.C15H24O5.8CH4/c1-4-13(3)18(21)23-17-12-14-10-15(17)16(11-14)19(22)24-20(5-2)8-6-7-9-20;1-4-12(2)17(20)22-16-11-13-9-14(16)15(10-13)18(21)23-19(3)7-5-6-8-19;1-5-16(2,3)15(18)21-13-8-10-6-11(13)12(7-10)14(17)20-9-19-4;1-4-9(2)14(16)20-13-7-10-5-11(13)12(6-10)15(17)19-8-18-3;;;;;;;;/h13-17H,4-12H2,1-3H3;12-16H,4-11H2,1-3H3;10-13H,5-9H2,1-4H3;9-13H,4-8H2,1-3H3;8*1H4. The van der Waals surface area contributed by atoms with Crippen LogP contribution in [0.2, 0.25) is 0 Å². The highest BCUT2D eigenvalue weighted by Gasteiger charge is 2.56. The summed E-state index contributed by atoms with van der Waals surface area (Å²) < 4.78 is 54.3.